The predicted octanol–water partition coefficient (Wildman–Crippen LogP) is 7.79. The van der Waals surface area contributed by atoms with Gasteiger partial charge in [-0.2, -0.15) is 0 Å². The zero-order valence-corrected chi connectivity index (χ0v) is 16.7. The lowest BCUT2D eigenvalue weighted by Gasteiger charge is -2.40. The van der Waals surface area contributed by atoms with E-state index in [1.807, 2.05) is 0 Å². The number of benzene rings is 2. The maximum absolute atomic E-state index is 12.7. The molecule has 2 aromatic carbocycles. The number of carbonyl (C=O) groups excluding carboxylic acids is 1. The highest BCUT2D eigenvalue weighted by Gasteiger charge is 2.65. The molecule has 0 atom stereocenters. The number of ether oxygens (including phenoxy) is 1. The van der Waals surface area contributed by atoms with Crippen LogP contribution in [0.25, 0.3) is 0 Å². The lowest BCUT2D eigenvalue weighted by Crippen LogP contribution is -2.25. The van der Waals surface area contributed by atoms with E-state index in [2.05, 4.69) is 31.2 Å². The van der Waals surface area contributed by atoms with E-state index in [-0.39, 0.29) is 23.8 Å². The van der Waals surface area contributed by atoms with Gasteiger partial charge in [-0.1, -0.05) is 50.6 Å². The van der Waals surface area contributed by atoms with Gasteiger partial charge in [0, 0.05) is 0 Å². The van der Waals surface area contributed by atoms with Crippen LogP contribution in [0.4, 0.5) is 19.4 Å². The molecule has 8 heteroatoms. The van der Waals surface area contributed by atoms with E-state index in [1.165, 1.54) is 11.1 Å². The molecule has 1 fully saturated rings. The molecule has 0 saturated heterocycles. The van der Waals surface area contributed by atoms with Crippen LogP contribution in [-0.2, 0) is 11.2 Å². The third-order valence-corrected chi connectivity index (χ3v) is 6.57. The predicted molar refractivity (Wildman–Crippen MR) is 104 cm³/mol. The summed E-state index contributed by atoms with van der Waals surface area (Å²) in [5.74, 6) is -0.694. The molecule has 0 bridgehead atoms. The molecule has 29 heavy (non-hydrogen) atoms. The number of esters is 1. The molecule has 0 aliphatic heterocycles. The number of carbonyl (C=O) groups is 1. The quantitative estimate of drug-likeness (QED) is 0.273. The van der Waals surface area contributed by atoms with E-state index < -0.39 is 21.1 Å². The van der Waals surface area contributed by atoms with Crippen LogP contribution in [0.2, 0.25) is 0 Å². The molecule has 0 aromatic heterocycles. The topological polar surface area (TPSA) is 26.3 Å². The Labute approximate surface area is 166 Å². The van der Waals surface area contributed by atoms with Crippen molar-refractivity contribution in [2.45, 2.75) is 49.8 Å². The van der Waals surface area contributed by atoms with Crippen molar-refractivity contribution in [3.05, 3.63) is 59.7 Å². The molecule has 1 aliphatic rings. The van der Waals surface area contributed by atoms with Crippen LogP contribution >= 0.6 is 10.2 Å². The van der Waals surface area contributed by atoms with Crippen LogP contribution < -0.4 is 4.74 Å². The molecule has 3 rings (SSSR count). The van der Waals surface area contributed by atoms with Gasteiger partial charge in [0.25, 0.3) is 0 Å². The molecule has 0 heterocycles. The van der Waals surface area contributed by atoms with E-state index in [0.717, 1.165) is 31.4 Å². The standard InChI is InChI=1S/C21H23F5O2S/c1-2-15-3-5-16(6-4-15)17-7-9-18(10-8-17)21(27)28-19-11-13-20(14-12-19)29(22,23,24,25)26/h3-6,11-14,17-18H,2,7-10H2,1H3. The largest absolute Gasteiger partial charge is 0.426 e. The minimum absolute atomic E-state index is 0.169. The van der Waals surface area contributed by atoms with Gasteiger partial charge in [0.05, 0.1) is 5.92 Å². The summed E-state index contributed by atoms with van der Waals surface area (Å²) in [6, 6.07) is 10.4. The van der Waals surface area contributed by atoms with Crippen LogP contribution in [0.5, 0.6) is 5.75 Å². The van der Waals surface area contributed by atoms with Crippen LogP contribution in [0, 0.1) is 5.92 Å². The minimum Gasteiger partial charge on any atom is -0.426 e. The Kier molecular flexibility index (Phi) is 5.22. The molecular weight excluding hydrogens is 411 g/mol. The van der Waals surface area contributed by atoms with Gasteiger partial charge in [0.2, 0.25) is 0 Å². The molecule has 0 radical (unpaired) electrons. The molecule has 2 aromatic rings. The normalized spacial score (nSPS) is 22.4. The molecule has 160 valence electrons. The summed E-state index contributed by atoms with van der Waals surface area (Å²) in [6.45, 7) is 2.09. The molecular formula is C21H23F5O2S. The van der Waals surface area contributed by atoms with Gasteiger partial charge >= 0.3 is 16.2 Å². The van der Waals surface area contributed by atoms with Crippen molar-refractivity contribution in [2.24, 2.45) is 5.92 Å². The van der Waals surface area contributed by atoms with Gasteiger partial charge in [-0.3, -0.25) is 4.79 Å². The van der Waals surface area contributed by atoms with Crippen molar-refractivity contribution >= 4 is 16.2 Å². The fourth-order valence-electron chi connectivity index (χ4n) is 3.65. The van der Waals surface area contributed by atoms with Crippen molar-refractivity contribution in [3.63, 3.8) is 0 Å². The van der Waals surface area contributed by atoms with Crippen LogP contribution in [-0.4, -0.2) is 5.97 Å². The summed E-state index contributed by atoms with van der Waals surface area (Å²) in [5.41, 5.74) is 2.50. The second-order valence-corrected chi connectivity index (χ2v) is 9.91. The first kappa shape index (κ1) is 21.6. The summed E-state index contributed by atoms with van der Waals surface area (Å²) < 4.78 is 68.8. The first-order chi connectivity index (χ1) is 13.4. The third-order valence-electron chi connectivity index (χ3n) is 5.41. The Balaban J connectivity index is 1.57. The number of halogens is 5. The summed E-state index contributed by atoms with van der Waals surface area (Å²) in [6.07, 6.45) is 3.83. The zero-order valence-electron chi connectivity index (χ0n) is 15.9. The van der Waals surface area contributed by atoms with Gasteiger partial charge in [-0.05, 0) is 73.4 Å². The number of aryl methyl sites for hydroxylation is 1. The van der Waals surface area contributed by atoms with Crippen LogP contribution in [0.1, 0.15) is 49.7 Å². The van der Waals surface area contributed by atoms with Crippen molar-refractivity contribution in [1.29, 1.82) is 0 Å². The SMILES string of the molecule is CCc1ccc(C2CCC(C(=O)Oc3ccc(S(F)(F)(F)(F)F)cc3)CC2)cc1. The Hall–Kier alpha value is -2.09. The average molecular weight is 434 g/mol. The minimum atomic E-state index is -9.72. The maximum Gasteiger partial charge on any atom is 0.314 e. The zero-order chi connectivity index (χ0) is 21.3. The van der Waals surface area contributed by atoms with Gasteiger partial charge < -0.3 is 4.74 Å². The number of hydrogen-bond acceptors (Lipinski definition) is 2. The molecule has 1 saturated carbocycles. The van der Waals surface area contributed by atoms with E-state index in [9.17, 15) is 24.2 Å². The van der Waals surface area contributed by atoms with Gasteiger partial charge in [-0.25, -0.2) is 0 Å². The van der Waals surface area contributed by atoms with Gasteiger partial charge in [0.15, 0.2) is 0 Å². The van der Waals surface area contributed by atoms with Crippen molar-refractivity contribution in [2.75, 3.05) is 0 Å². The van der Waals surface area contributed by atoms with Crippen LogP contribution in [0.3, 0.4) is 0 Å². The second-order valence-electron chi connectivity index (χ2n) is 7.51. The van der Waals surface area contributed by atoms with E-state index in [1.54, 1.807) is 0 Å². The summed E-state index contributed by atoms with van der Waals surface area (Å²) in [4.78, 5) is 10.3. The van der Waals surface area contributed by atoms with Crippen molar-refractivity contribution in [3.8, 4) is 5.75 Å². The van der Waals surface area contributed by atoms with Crippen molar-refractivity contribution < 1.29 is 29.0 Å². The van der Waals surface area contributed by atoms with E-state index >= 15 is 0 Å². The second kappa shape index (κ2) is 7.00. The fourth-order valence-corrected chi connectivity index (χ4v) is 4.30. The van der Waals surface area contributed by atoms with Crippen LogP contribution in [0.15, 0.2) is 53.4 Å². The first-order valence-electron chi connectivity index (χ1n) is 9.50. The average Bonchev–Trinajstić information content (AvgIpc) is 2.67. The lowest BCUT2D eigenvalue weighted by atomic mass is 9.78. The Morgan fingerprint density at radius 1 is 0.897 bits per heavy atom. The molecule has 1 aliphatic carbocycles. The van der Waals surface area contributed by atoms with Gasteiger partial charge in [0.1, 0.15) is 10.6 Å². The molecule has 0 amide bonds. The lowest BCUT2D eigenvalue weighted by molar-refractivity contribution is -0.140. The highest BCUT2D eigenvalue weighted by molar-refractivity contribution is 8.45. The Morgan fingerprint density at radius 2 is 1.45 bits per heavy atom. The highest BCUT2D eigenvalue weighted by Crippen LogP contribution is 3.02. The van der Waals surface area contributed by atoms with E-state index in [4.69, 9.17) is 4.74 Å². The Morgan fingerprint density at radius 3 is 1.93 bits per heavy atom. The summed E-state index contributed by atoms with van der Waals surface area (Å²) in [7, 11) is -9.72. The molecule has 0 N–H and O–H groups in total. The monoisotopic (exact) mass is 434 g/mol. The number of rotatable bonds is 5. The Bertz CT molecular complexity index is 869. The third kappa shape index (κ3) is 5.50. The van der Waals surface area contributed by atoms with Gasteiger partial charge in [-0.15, -0.1) is 0 Å². The smallest absolute Gasteiger partial charge is 0.314 e. The summed E-state index contributed by atoms with van der Waals surface area (Å²) >= 11 is 0. The van der Waals surface area contributed by atoms with E-state index in [0.29, 0.717) is 18.8 Å². The fraction of sp³-hybridized carbons (Fsp3) is 0.381. The molecule has 0 unspecified atom stereocenters. The maximum atomic E-state index is 12.7. The highest BCUT2D eigenvalue weighted by atomic mass is 32.5. The number of hydrogen-bond donors (Lipinski definition) is 0. The van der Waals surface area contributed by atoms with Crippen molar-refractivity contribution in [1.82, 2.24) is 0 Å². The first-order valence-corrected chi connectivity index (χ1v) is 11.5. The summed E-state index contributed by atoms with van der Waals surface area (Å²) in [5, 5.41) is 0. The molecule has 2 nitrogen and oxygen atoms in total. The molecule has 0 spiro atoms.